The lowest BCUT2D eigenvalue weighted by molar-refractivity contribution is -0.112. The van der Waals surface area contributed by atoms with E-state index in [9.17, 15) is 10.1 Å². The number of nitrogens with one attached hydrogen (secondary N) is 1. The summed E-state index contributed by atoms with van der Waals surface area (Å²) in [4.78, 5) is 12.6. The van der Waals surface area contributed by atoms with E-state index in [2.05, 4.69) is 5.32 Å². The minimum Gasteiger partial charge on any atom is -0.490 e. The zero-order chi connectivity index (χ0) is 20.7. The van der Waals surface area contributed by atoms with E-state index >= 15 is 0 Å². The summed E-state index contributed by atoms with van der Waals surface area (Å²) >= 11 is 6.31. The molecule has 0 saturated heterocycles. The van der Waals surface area contributed by atoms with Gasteiger partial charge < -0.3 is 14.8 Å². The van der Waals surface area contributed by atoms with Crippen LogP contribution in [0.3, 0.4) is 0 Å². The molecule has 0 spiro atoms. The fraction of sp³-hybridized carbons (Fsp3) is 0.273. The average molecular weight is 399 g/mol. The summed E-state index contributed by atoms with van der Waals surface area (Å²) < 4.78 is 11.1. The van der Waals surface area contributed by atoms with E-state index in [1.807, 2.05) is 45.9 Å². The van der Waals surface area contributed by atoms with Crippen LogP contribution in [0.2, 0.25) is 5.02 Å². The normalized spacial score (nSPS) is 10.9. The zero-order valence-corrected chi connectivity index (χ0v) is 17.2. The zero-order valence-electron chi connectivity index (χ0n) is 16.4. The van der Waals surface area contributed by atoms with E-state index in [4.69, 9.17) is 21.1 Å². The molecule has 0 unspecified atom stereocenters. The summed E-state index contributed by atoms with van der Waals surface area (Å²) in [5, 5.41) is 12.6. The molecule has 2 aromatic rings. The lowest BCUT2D eigenvalue weighted by Crippen LogP contribution is -2.14. The third-order valence-corrected chi connectivity index (χ3v) is 4.43. The van der Waals surface area contributed by atoms with Crippen molar-refractivity contribution < 1.29 is 14.3 Å². The molecular weight excluding hydrogens is 376 g/mol. The number of ether oxygens (including phenoxy) is 2. The summed E-state index contributed by atoms with van der Waals surface area (Å²) in [6, 6.07) is 10.9. The maximum atomic E-state index is 12.6. The van der Waals surface area contributed by atoms with Crippen molar-refractivity contribution in [2.24, 2.45) is 0 Å². The molecule has 2 rings (SSSR count). The third kappa shape index (κ3) is 5.05. The van der Waals surface area contributed by atoms with Crippen LogP contribution in [0.25, 0.3) is 6.08 Å². The molecule has 0 aliphatic rings. The van der Waals surface area contributed by atoms with Crippen LogP contribution >= 0.6 is 11.6 Å². The molecule has 146 valence electrons. The van der Waals surface area contributed by atoms with Crippen LogP contribution in [0.4, 0.5) is 5.69 Å². The van der Waals surface area contributed by atoms with E-state index in [0.717, 1.165) is 11.1 Å². The SMILES string of the molecule is CCOc1cc(/C=C(\C#N)C(=O)Nc2cccc(C)c2C)cc(Cl)c1OCC. The van der Waals surface area contributed by atoms with Crippen LogP contribution in [0, 0.1) is 25.2 Å². The maximum Gasteiger partial charge on any atom is 0.266 e. The molecule has 0 radical (unpaired) electrons. The second-order valence-corrected chi connectivity index (χ2v) is 6.47. The molecular formula is C22H23ClN2O3. The van der Waals surface area contributed by atoms with E-state index in [-0.39, 0.29) is 5.57 Å². The molecule has 28 heavy (non-hydrogen) atoms. The van der Waals surface area contributed by atoms with Crippen molar-refractivity contribution in [2.75, 3.05) is 18.5 Å². The van der Waals surface area contributed by atoms with Crippen LogP contribution in [0.5, 0.6) is 11.5 Å². The highest BCUT2D eigenvalue weighted by Gasteiger charge is 2.15. The number of carbonyl (C=O) groups is 1. The Bertz CT molecular complexity index is 946. The second-order valence-electron chi connectivity index (χ2n) is 6.07. The monoisotopic (exact) mass is 398 g/mol. The lowest BCUT2D eigenvalue weighted by Gasteiger charge is -2.13. The van der Waals surface area contributed by atoms with Gasteiger partial charge in [0.2, 0.25) is 0 Å². The van der Waals surface area contributed by atoms with Gasteiger partial charge in [0.05, 0.1) is 18.2 Å². The predicted octanol–water partition coefficient (Wildman–Crippen LogP) is 5.30. The van der Waals surface area contributed by atoms with Crippen molar-refractivity contribution >= 4 is 29.3 Å². The van der Waals surface area contributed by atoms with Gasteiger partial charge in [-0.1, -0.05) is 23.7 Å². The van der Waals surface area contributed by atoms with Gasteiger partial charge in [0.25, 0.3) is 5.91 Å². The number of halogens is 1. The molecule has 1 amide bonds. The number of rotatable bonds is 7. The van der Waals surface area contributed by atoms with Gasteiger partial charge in [-0.05, 0) is 68.7 Å². The fourth-order valence-corrected chi connectivity index (χ4v) is 2.88. The Morgan fingerprint density at radius 2 is 1.93 bits per heavy atom. The van der Waals surface area contributed by atoms with Crippen molar-refractivity contribution in [3.8, 4) is 17.6 Å². The molecule has 0 fully saturated rings. The van der Waals surface area contributed by atoms with Crippen LogP contribution in [0.1, 0.15) is 30.5 Å². The highest BCUT2D eigenvalue weighted by molar-refractivity contribution is 6.32. The first-order valence-electron chi connectivity index (χ1n) is 8.99. The van der Waals surface area contributed by atoms with Gasteiger partial charge in [-0.15, -0.1) is 0 Å². The molecule has 6 heteroatoms. The Morgan fingerprint density at radius 1 is 1.21 bits per heavy atom. The Balaban J connectivity index is 2.36. The average Bonchev–Trinajstić information content (AvgIpc) is 2.66. The molecule has 0 atom stereocenters. The van der Waals surface area contributed by atoms with Gasteiger partial charge in [-0.25, -0.2) is 0 Å². The molecule has 2 aromatic carbocycles. The second kappa shape index (κ2) is 9.82. The quantitative estimate of drug-likeness (QED) is 0.507. The van der Waals surface area contributed by atoms with Gasteiger partial charge >= 0.3 is 0 Å². The smallest absolute Gasteiger partial charge is 0.266 e. The summed E-state index contributed by atoms with van der Waals surface area (Å²) in [5.41, 5.74) is 3.22. The van der Waals surface area contributed by atoms with Gasteiger partial charge in [0.15, 0.2) is 11.5 Å². The molecule has 0 saturated carbocycles. The summed E-state index contributed by atoms with van der Waals surface area (Å²) in [7, 11) is 0. The molecule has 0 aliphatic carbocycles. The number of anilines is 1. The number of nitriles is 1. The molecule has 0 aliphatic heterocycles. The minimum atomic E-state index is -0.487. The number of carbonyl (C=O) groups excluding carboxylic acids is 1. The first-order chi connectivity index (χ1) is 13.4. The molecule has 0 bridgehead atoms. The minimum absolute atomic E-state index is 0.0384. The van der Waals surface area contributed by atoms with Crippen molar-refractivity contribution in [1.82, 2.24) is 0 Å². The van der Waals surface area contributed by atoms with Crippen molar-refractivity contribution in [1.29, 1.82) is 5.26 Å². The van der Waals surface area contributed by atoms with Gasteiger partial charge in [0, 0.05) is 5.69 Å². The van der Waals surface area contributed by atoms with Crippen molar-refractivity contribution in [2.45, 2.75) is 27.7 Å². The van der Waals surface area contributed by atoms with Crippen LogP contribution in [-0.4, -0.2) is 19.1 Å². The third-order valence-electron chi connectivity index (χ3n) is 4.15. The highest BCUT2D eigenvalue weighted by atomic mass is 35.5. The summed E-state index contributed by atoms with van der Waals surface area (Å²) in [6.45, 7) is 8.46. The Hall–Kier alpha value is -2.97. The first-order valence-corrected chi connectivity index (χ1v) is 9.37. The topological polar surface area (TPSA) is 71.3 Å². The Kier molecular flexibility index (Phi) is 7.48. The Morgan fingerprint density at radius 3 is 2.57 bits per heavy atom. The number of hydrogen-bond donors (Lipinski definition) is 1. The van der Waals surface area contributed by atoms with Gasteiger partial charge in [-0.3, -0.25) is 4.79 Å². The highest BCUT2D eigenvalue weighted by Crippen LogP contribution is 2.37. The number of hydrogen-bond acceptors (Lipinski definition) is 4. The fourth-order valence-electron chi connectivity index (χ4n) is 2.61. The van der Waals surface area contributed by atoms with Crippen LogP contribution in [0.15, 0.2) is 35.9 Å². The number of nitrogens with zero attached hydrogens (tertiary/aromatic N) is 1. The standard InChI is InChI=1S/C22H23ClN2O3/c1-5-27-20-12-16(11-18(23)21(20)28-6-2)10-17(13-24)22(26)25-19-9-7-8-14(3)15(19)4/h7-12H,5-6H2,1-4H3,(H,25,26)/b17-10+. The largest absolute Gasteiger partial charge is 0.490 e. The lowest BCUT2D eigenvalue weighted by atomic mass is 10.1. The molecule has 1 N–H and O–H groups in total. The van der Waals surface area contributed by atoms with Crippen molar-refractivity contribution in [3.05, 3.63) is 57.6 Å². The maximum absolute atomic E-state index is 12.6. The summed E-state index contributed by atoms with van der Waals surface area (Å²) in [6.07, 6.45) is 1.48. The molecule has 0 heterocycles. The number of benzene rings is 2. The van der Waals surface area contributed by atoms with Crippen LogP contribution < -0.4 is 14.8 Å². The number of aryl methyl sites for hydroxylation is 1. The van der Waals surface area contributed by atoms with E-state index < -0.39 is 5.91 Å². The van der Waals surface area contributed by atoms with Gasteiger partial charge in [0.1, 0.15) is 11.6 Å². The Labute approximate surface area is 170 Å². The van der Waals surface area contributed by atoms with Crippen molar-refractivity contribution in [3.63, 3.8) is 0 Å². The van der Waals surface area contributed by atoms with Gasteiger partial charge in [-0.2, -0.15) is 5.26 Å². The van der Waals surface area contributed by atoms with E-state index in [1.165, 1.54) is 6.08 Å². The first kappa shape index (κ1) is 21.3. The molecule has 5 nitrogen and oxygen atoms in total. The van der Waals surface area contributed by atoms with Crippen LogP contribution in [-0.2, 0) is 4.79 Å². The summed E-state index contributed by atoms with van der Waals surface area (Å²) in [5.74, 6) is 0.427. The van der Waals surface area contributed by atoms with E-state index in [0.29, 0.717) is 41.0 Å². The predicted molar refractivity (Wildman–Crippen MR) is 112 cm³/mol. The number of amides is 1. The molecule has 0 aromatic heterocycles. The van der Waals surface area contributed by atoms with E-state index in [1.54, 1.807) is 18.2 Å².